The number of hydrogen-bond donors (Lipinski definition) is 1. The summed E-state index contributed by atoms with van der Waals surface area (Å²) in [4.78, 5) is 28.3. The zero-order valence-electron chi connectivity index (χ0n) is 23.0. The number of carbonyl (C=O) groups excluding carboxylic acids is 2. The summed E-state index contributed by atoms with van der Waals surface area (Å²) in [5, 5.41) is 2.85. The summed E-state index contributed by atoms with van der Waals surface area (Å²) >= 11 is 0. The van der Waals surface area contributed by atoms with Gasteiger partial charge in [0.15, 0.2) is 0 Å². The number of ether oxygens (including phenoxy) is 1. The molecule has 0 heterocycles. The molecule has 39 heavy (non-hydrogen) atoms. The van der Waals surface area contributed by atoms with Gasteiger partial charge in [0, 0.05) is 13.1 Å². The summed E-state index contributed by atoms with van der Waals surface area (Å²) < 4.78 is 34.3. The minimum absolute atomic E-state index is 0.0522. The van der Waals surface area contributed by atoms with E-state index in [1.165, 1.54) is 24.1 Å². The van der Waals surface area contributed by atoms with Crippen LogP contribution in [0.5, 0.6) is 5.75 Å². The minimum atomic E-state index is -4.15. The van der Waals surface area contributed by atoms with Gasteiger partial charge >= 0.3 is 0 Å². The highest BCUT2D eigenvalue weighted by Gasteiger charge is 2.33. The number of rotatable bonds is 13. The van der Waals surface area contributed by atoms with Gasteiger partial charge in [0.05, 0.1) is 17.7 Å². The first kappa shape index (κ1) is 29.7. The molecule has 0 aromatic heterocycles. The van der Waals surface area contributed by atoms with Crippen LogP contribution in [0, 0.1) is 6.92 Å². The largest absolute Gasteiger partial charge is 0.495 e. The van der Waals surface area contributed by atoms with Crippen LogP contribution in [0.2, 0.25) is 0 Å². The second kappa shape index (κ2) is 13.8. The van der Waals surface area contributed by atoms with E-state index in [2.05, 4.69) is 5.32 Å². The summed E-state index contributed by atoms with van der Waals surface area (Å²) in [7, 11) is -2.71. The van der Waals surface area contributed by atoms with Crippen molar-refractivity contribution in [3.05, 3.63) is 90.0 Å². The molecule has 0 radical (unpaired) electrons. The van der Waals surface area contributed by atoms with Crippen molar-refractivity contribution in [1.29, 1.82) is 0 Å². The highest BCUT2D eigenvalue weighted by atomic mass is 32.2. The van der Waals surface area contributed by atoms with Crippen LogP contribution < -0.4 is 14.4 Å². The molecule has 0 aliphatic carbocycles. The van der Waals surface area contributed by atoms with Gasteiger partial charge in [-0.05, 0) is 56.5 Å². The molecule has 3 rings (SSSR count). The van der Waals surface area contributed by atoms with Crippen LogP contribution in [0.1, 0.15) is 31.4 Å². The summed E-state index contributed by atoms with van der Waals surface area (Å²) in [6.07, 6.45) is 1.27. The Hall–Kier alpha value is -3.85. The maximum atomic E-state index is 13.9. The van der Waals surface area contributed by atoms with Crippen molar-refractivity contribution in [1.82, 2.24) is 10.2 Å². The van der Waals surface area contributed by atoms with Crippen molar-refractivity contribution in [2.45, 2.75) is 44.6 Å². The smallest absolute Gasteiger partial charge is 0.264 e. The molecule has 1 atom stereocenters. The number of methoxy groups -OCH3 is 1. The van der Waals surface area contributed by atoms with Crippen molar-refractivity contribution in [2.24, 2.45) is 0 Å². The number of nitrogens with zero attached hydrogens (tertiary/aromatic N) is 2. The average molecular weight is 552 g/mol. The van der Waals surface area contributed by atoms with Crippen LogP contribution in [-0.2, 0) is 26.0 Å². The second-order valence-corrected chi connectivity index (χ2v) is 11.1. The molecule has 3 aromatic rings. The minimum Gasteiger partial charge on any atom is -0.495 e. The first-order valence-electron chi connectivity index (χ1n) is 13.0. The summed E-state index contributed by atoms with van der Waals surface area (Å²) in [6.45, 7) is 5.71. The normalized spacial score (nSPS) is 11.9. The predicted octanol–water partition coefficient (Wildman–Crippen LogP) is 4.18. The standard InChI is InChI=1S/C30H37N3O5S/c1-5-20-31-30(35)24(3)32(21-19-25-11-7-6-8-12-25)29(34)22-33(27-13-9-10-14-28(27)38-4)39(36,37)26-17-15-23(2)16-18-26/h6-18,24H,5,19-22H2,1-4H3,(H,31,35)/t24-/m0/s1. The lowest BCUT2D eigenvalue weighted by Crippen LogP contribution is -2.52. The molecule has 0 saturated carbocycles. The van der Waals surface area contributed by atoms with Crippen LogP contribution in [-0.4, -0.2) is 57.9 Å². The monoisotopic (exact) mass is 551 g/mol. The SMILES string of the molecule is CCCNC(=O)[C@H](C)N(CCc1ccccc1)C(=O)CN(c1ccccc1OC)S(=O)(=O)c1ccc(C)cc1. The van der Waals surface area contributed by atoms with E-state index in [-0.39, 0.29) is 23.0 Å². The number of carbonyl (C=O) groups is 2. The Labute approximate surface area is 231 Å². The Morgan fingerprint density at radius 1 is 0.949 bits per heavy atom. The van der Waals surface area contributed by atoms with Crippen molar-refractivity contribution >= 4 is 27.5 Å². The van der Waals surface area contributed by atoms with Crippen molar-refractivity contribution in [2.75, 3.05) is 31.0 Å². The zero-order valence-corrected chi connectivity index (χ0v) is 23.8. The van der Waals surface area contributed by atoms with E-state index in [1.807, 2.05) is 44.2 Å². The van der Waals surface area contributed by atoms with Crippen LogP contribution in [0.4, 0.5) is 5.69 Å². The molecule has 0 aliphatic heterocycles. The number of benzene rings is 3. The molecule has 3 aromatic carbocycles. The lowest BCUT2D eigenvalue weighted by atomic mass is 10.1. The molecule has 0 fully saturated rings. The van der Waals surface area contributed by atoms with Crippen molar-refractivity contribution in [3.8, 4) is 5.75 Å². The van der Waals surface area contributed by atoms with E-state index in [0.29, 0.717) is 18.7 Å². The van der Waals surface area contributed by atoms with Crippen molar-refractivity contribution in [3.63, 3.8) is 0 Å². The maximum Gasteiger partial charge on any atom is 0.264 e. The fourth-order valence-electron chi connectivity index (χ4n) is 4.15. The first-order chi connectivity index (χ1) is 18.7. The van der Waals surface area contributed by atoms with Gasteiger partial charge in [-0.3, -0.25) is 13.9 Å². The predicted molar refractivity (Wildman–Crippen MR) is 153 cm³/mol. The van der Waals surface area contributed by atoms with E-state index in [9.17, 15) is 18.0 Å². The number of nitrogens with one attached hydrogen (secondary N) is 1. The van der Waals surface area contributed by atoms with Gasteiger partial charge in [-0.25, -0.2) is 8.42 Å². The number of para-hydroxylation sites is 2. The zero-order chi connectivity index (χ0) is 28.4. The lowest BCUT2D eigenvalue weighted by Gasteiger charge is -2.32. The Kier molecular flexibility index (Phi) is 10.5. The van der Waals surface area contributed by atoms with Crippen LogP contribution in [0.15, 0.2) is 83.8 Å². The topological polar surface area (TPSA) is 96.0 Å². The summed E-state index contributed by atoms with van der Waals surface area (Å²) in [6, 6.07) is 22.0. The molecule has 1 N–H and O–H groups in total. The Morgan fingerprint density at radius 2 is 1.59 bits per heavy atom. The Balaban J connectivity index is 2.00. The number of hydrogen-bond acceptors (Lipinski definition) is 5. The molecular weight excluding hydrogens is 514 g/mol. The first-order valence-corrected chi connectivity index (χ1v) is 14.5. The maximum absolute atomic E-state index is 13.9. The third kappa shape index (κ3) is 7.60. The molecule has 2 amide bonds. The molecule has 208 valence electrons. The number of aryl methyl sites for hydroxylation is 1. The van der Waals surface area contributed by atoms with Gasteiger partial charge in [0.2, 0.25) is 11.8 Å². The second-order valence-electron chi connectivity index (χ2n) is 9.29. The molecule has 8 nitrogen and oxygen atoms in total. The summed E-state index contributed by atoms with van der Waals surface area (Å²) in [5.41, 5.74) is 2.15. The third-order valence-electron chi connectivity index (χ3n) is 6.44. The van der Waals surface area contributed by atoms with Crippen LogP contribution >= 0.6 is 0 Å². The fraction of sp³-hybridized carbons (Fsp3) is 0.333. The molecule has 0 saturated heterocycles. The Morgan fingerprint density at radius 3 is 2.23 bits per heavy atom. The molecule has 0 unspecified atom stereocenters. The van der Waals surface area contributed by atoms with Gasteiger partial charge in [0.1, 0.15) is 18.3 Å². The van der Waals surface area contributed by atoms with Gasteiger partial charge in [-0.2, -0.15) is 0 Å². The van der Waals surface area contributed by atoms with E-state index >= 15 is 0 Å². The molecule has 9 heteroatoms. The Bertz CT molecular complexity index is 1340. The molecule has 0 spiro atoms. The highest BCUT2D eigenvalue weighted by molar-refractivity contribution is 7.92. The fourth-order valence-corrected chi connectivity index (χ4v) is 5.58. The quantitative estimate of drug-likeness (QED) is 0.344. The molecular formula is C30H37N3O5S. The average Bonchev–Trinajstić information content (AvgIpc) is 2.95. The number of sulfonamides is 1. The summed E-state index contributed by atoms with van der Waals surface area (Å²) in [5.74, 6) is -0.472. The van der Waals surface area contributed by atoms with Gasteiger partial charge < -0.3 is 15.0 Å². The van der Waals surface area contributed by atoms with Crippen molar-refractivity contribution < 1.29 is 22.7 Å². The third-order valence-corrected chi connectivity index (χ3v) is 8.22. The number of anilines is 1. The van der Waals surface area contributed by atoms with Gasteiger partial charge in [0.25, 0.3) is 10.0 Å². The molecule has 0 aliphatic rings. The van der Waals surface area contributed by atoms with Gasteiger partial charge in [-0.15, -0.1) is 0 Å². The van der Waals surface area contributed by atoms with E-state index < -0.39 is 28.5 Å². The lowest BCUT2D eigenvalue weighted by molar-refractivity contribution is -0.138. The highest BCUT2D eigenvalue weighted by Crippen LogP contribution is 2.32. The number of amides is 2. The van der Waals surface area contributed by atoms with E-state index in [4.69, 9.17) is 4.74 Å². The van der Waals surface area contributed by atoms with Gasteiger partial charge in [-0.1, -0.05) is 67.1 Å². The van der Waals surface area contributed by atoms with Crippen LogP contribution in [0.25, 0.3) is 0 Å². The van der Waals surface area contributed by atoms with E-state index in [0.717, 1.165) is 21.9 Å². The molecule has 0 bridgehead atoms. The van der Waals surface area contributed by atoms with Crippen LogP contribution in [0.3, 0.4) is 0 Å². The van der Waals surface area contributed by atoms with E-state index in [1.54, 1.807) is 43.3 Å².